The molecule has 3 nitrogen and oxygen atoms in total. The van der Waals surface area contributed by atoms with E-state index in [1.54, 1.807) is 0 Å². The lowest BCUT2D eigenvalue weighted by molar-refractivity contribution is 0.433. The summed E-state index contributed by atoms with van der Waals surface area (Å²) in [6.45, 7) is 6.37. The molecule has 17 heavy (non-hydrogen) atoms. The maximum Gasteiger partial charge on any atom is 0.186 e. The van der Waals surface area contributed by atoms with E-state index in [4.69, 9.17) is 0 Å². The molecule has 1 aliphatic carbocycles. The van der Waals surface area contributed by atoms with Crippen LogP contribution >= 0.6 is 0 Å². The van der Waals surface area contributed by atoms with Crippen LogP contribution in [0, 0.1) is 17.7 Å². The van der Waals surface area contributed by atoms with Gasteiger partial charge in [-0.05, 0) is 31.1 Å². The first-order valence-corrected chi connectivity index (χ1v) is 6.39. The minimum Gasteiger partial charge on any atom is -0.365 e. The summed E-state index contributed by atoms with van der Waals surface area (Å²) in [4.78, 5) is 7.95. The van der Waals surface area contributed by atoms with Gasteiger partial charge in [0.2, 0.25) is 0 Å². The summed E-state index contributed by atoms with van der Waals surface area (Å²) in [5, 5.41) is 3.24. The average molecular weight is 237 g/mol. The minimum atomic E-state index is -0.290. The number of nitrogens with one attached hydrogen (secondary N) is 1. The van der Waals surface area contributed by atoms with E-state index in [1.165, 1.54) is 12.7 Å². The zero-order chi connectivity index (χ0) is 12.4. The maximum absolute atomic E-state index is 14.0. The summed E-state index contributed by atoms with van der Waals surface area (Å²) in [6, 6.07) is 0.333. The number of aromatic nitrogens is 2. The molecule has 0 amide bonds. The Balaban J connectivity index is 2.14. The average Bonchev–Trinajstić information content (AvgIpc) is 2.64. The van der Waals surface area contributed by atoms with E-state index in [1.807, 2.05) is 6.92 Å². The molecule has 1 saturated carbocycles. The summed E-state index contributed by atoms with van der Waals surface area (Å²) in [5.74, 6) is 1.34. The molecule has 0 bridgehead atoms. The highest BCUT2D eigenvalue weighted by atomic mass is 19.1. The quantitative estimate of drug-likeness (QED) is 0.878. The topological polar surface area (TPSA) is 37.8 Å². The van der Waals surface area contributed by atoms with Crippen LogP contribution in [0.5, 0.6) is 0 Å². The van der Waals surface area contributed by atoms with Crippen molar-refractivity contribution < 1.29 is 4.39 Å². The lowest BCUT2D eigenvalue weighted by Gasteiger charge is -2.20. The highest BCUT2D eigenvalue weighted by Gasteiger charge is 2.30. The molecule has 1 fully saturated rings. The fourth-order valence-corrected chi connectivity index (χ4v) is 2.50. The Bertz CT molecular complexity index is 394. The second kappa shape index (κ2) is 4.98. The van der Waals surface area contributed by atoms with Gasteiger partial charge in [0.1, 0.15) is 6.33 Å². The fraction of sp³-hybridized carbons (Fsp3) is 0.692. The molecule has 2 rings (SSSR count). The van der Waals surface area contributed by atoms with Crippen molar-refractivity contribution in [3.63, 3.8) is 0 Å². The van der Waals surface area contributed by atoms with Crippen LogP contribution < -0.4 is 5.32 Å². The largest absolute Gasteiger partial charge is 0.365 e. The van der Waals surface area contributed by atoms with Crippen molar-refractivity contribution in [3.8, 4) is 0 Å². The molecular weight excluding hydrogens is 217 g/mol. The van der Waals surface area contributed by atoms with Gasteiger partial charge in [0.15, 0.2) is 11.6 Å². The number of hydrogen-bond acceptors (Lipinski definition) is 3. The Morgan fingerprint density at radius 1 is 1.35 bits per heavy atom. The number of halogens is 1. The Labute approximate surface area is 102 Å². The van der Waals surface area contributed by atoms with E-state index >= 15 is 0 Å². The molecule has 0 aliphatic heterocycles. The zero-order valence-corrected chi connectivity index (χ0v) is 10.7. The van der Waals surface area contributed by atoms with Crippen LogP contribution in [-0.2, 0) is 6.42 Å². The molecule has 94 valence electrons. The van der Waals surface area contributed by atoms with E-state index in [0.29, 0.717) is 35.8 Å². The van der Waals surface area contributed by atoms with Gasteiger partial charge in [0.05, 0.1) is 5.69 Å². The van der Waals surface area contributed by atoms with Crippen molar-refractivity contribution in [1.29, 1.82) is 0 Å². The predicted octanol–water partition coefficient (Wildman–Crippen LogP) is 3.02. The fourth-order valence-electron chi connectivity index (χ4n) is 2.50. The van der Waals surface area contributed by atoms with Crippen LogP contribution in [-0.4, -0.2) is 16.0 Å². The number of hydrogen-bond donors (Lipinski definition) is 1. The second-order valence-corrected chi connectivity index (χ2v) is 5.00. The Morgan fingerprint density at radius 3 is 2.71 bits per heavy atom. The highest BCUT2D eigenvalue weighted by Crippen LogP contribution is 2.33. The molecular formula is C13H20FN3. The van der Waals surface area contributed by atoms with Crippen LogP contribution in [0.4, 0.5) is 10.2 Å². The molecule has 1 aromatic rings. The number of anilines is 1. The second-order valence-electron chi connectivity index (χ2n) is 5.00. The summed E-state index contributed by atoms with van der Waals surface area (Å²) >= 11 is 0. The maximum atomic E-state index is 14.0. The monoisotopic (exact) mass is 237 g/mol. The standard InChI is InChI=1S/C13H20FN3/c1-4-10-12(14)13(16-7-15-10)17-11-6-5-8(2)9(11)3/h7-9,11H,4-6H2,1-3H3,(H,15,16,17). The molecule has 0 radical (unpaired) electrons. The molecule has 0 aromatic carbocycles. The lowest BCUT2D eigenvalue weighted by Crippen LogP contribution is -2.25. The van der Waals surface area contributed by atoms with Gasteiger partial charge in [-0.1, -0.05) is 20.8 Å². The van der Waals surface area contributed by atoms with Gasteiger partial charge in [-0.3, -0.25) is 0 Å². The van der Waals surface area contributed by atoms with Crippen molar-refractivity contribution in [1.82, 2.24) is 9.97 Å². The Hall–Kier alpha value is -1.19. The van der Waals surface area contributed by atoms with E-state index in [0.717, 1.165) is 6.42 Å². The molecule has 1 heterocycles. The van der Waals surface area contributed by atoms with Crippen LogP contribution in [0.2, 0.25) is 0 Å². The van der Waals surface area contributed by atoms with Crippen molar-refractivity contribution in [3.05, 3.63) is 17.8 Å². The first-order chi connectivity index (χ1) is 8.13. The highest BCUT2D eigenvalue weighted by molar-refractivity contribution is 5.38. The smallest absolute Gasteiger partial charge is 0.186 e. The van der Waals surface area contributed by atoms with Crippen molar-refractivity contribution in [2.45, 2.75) is 46.1 Å². The molecule has 0 spiro atoms. The third kappa shape index (κ3) is 2.40. The Kier molecular flexibility index (Phi) is 3.60. The number of rotatable bonds is 3. The van der Waals surface area contributed by atoms with E-state index in [2.05, 4.69) is 29.1 Å². The summed E-state index contributed by atoms with van der Waals surface area (Å²) in [6.07, 6.45) is 4.33. The van der Waals surface area contributed by atoms with Crippen LogP contribution in [0.1, 0.15) is 39.3 Å². The van der Waals surface area contributed by atoms with Gasteiger partial charge in [0.25, 0.3) is 0 Å². The van der Waals surface area contributed by atoms with Crippen LogP contribution in [0.15, 0.2) is 6.33 Å². The first kappa shape index (κ1) is 12.3. The molecule has 4 heteroatoms. The van der Waals surface area contributed by atoms with Gasteiger partial charge in [-0.25, -0.2) is 14.4 Å². The summed E-state index contributed by atoms with van der Waals surface area (Å²) in [7, 11) is 0. The summed E-state index contributed by atoms with van der Waals surface area (Å²) in [5.41, 5.74) is 0.487. The number of nitrogens with zero attached hydrogens (tertiary/aromatic N) is 2. The molecule has 1 aromatic heterocycles. The van der Waals surface area contributed by atoms with E-state index in [-0.39, 0.29) is 5.82 Å². The van der Waals surface area contributed by atoms with Crippen LogP contribution in [0.25, 0.3) is 0 Å². The van der Waals surface area contributed by atoms with Gasteiger partial charge in [0, 0.05) is 6.04 Å². The zero-order valence-electron chi connectivity index (χ0n) is 10.7. The van der Waals surface area contributed by atoms with Gasteiger partial charge in [-0.2, -0.15) is 0 Å². The predicted molar refractivity (Wildman–Crippen MR) is 66.3 cm³/mol. The minimum absolute atomic E-state index is 0.290. The normalized spacial score (nSPS) is 28.4. The van der Waals surface area contributed by atoms with Crippen molar-refractivity contribution >= 4 is 5.82 Å². The van der Waals surface area contributed by atoms with E-state index in [9.17, 15) is 4.39 Å². The molecule has 1 N–H and O–H groups in total. The molecule has 1 aliphatic rings. The summed E-state index contributed by atoms with van der Waals surface area (Å²) < 4.78 is 14.0. The molecule has 3 unspecified atom stereocenters. The van der Waals surface area contributed by atoms with E-state index < -0.39 is 0 Å². The van der Waals surface area contributed by atoms with Gasteiger partial charge < -0.3 is 5.32 Å². The van der Waals surface area contributed by atoms with Gasteiger partial charge in [-0.15, -0.1) is 0 Å². The Morgan fingerprint density at radius 2 is 2.12 bits per heavy atom. The SMILES string of the molecule is CCc1ncnc(NC2CCC(C)C2C)c1F. The number of aryl methyl sites for hydroxylation is 1. The van der Waals surface area contributed by atoms with Crippen LogP contribution in [0.3, 0.4) is 0 Å². The third-order valence-corrected chi connectivity index (χ3v) is 3.98. The van der Waals surface area contributed by atoms with Gasteiger partial charge >= 0.3 is 0 Å². The lowest BCUT2D eigenvalue weighted by atomic mass is 9.98. The third-order valence-electron chi connectivity index (χ3n) is 3.98. The molecule has 3 atom stereocenters. The molecule has 0 saturated heterocycles. The first-order valence-electron chi connectivity index (χ1n) is 6.39. The van der Waals surface area contributed by atoms with Crippen molar-refractivity contribution in [2.24, 2.45) is 11.8 Å². The van der Waals surface area contributed by atoms with Crippen molar-refractivity contribution in [2.75, 3.05) is 5.32 Å².